The first-order valence-corrected chi connectivity index (χ1v) is 13.5. The second-order valence-electron chi connectivity index (χ2n) is 11.3. The first-order chi connectivity index (χ1) is 18.1. The number of hydrogen-bond donors (Lipinski definition) is 2. The van der Waals surface area contributed by atoms with E-state index in [1.165, 1.54) is 23.9 Å². The Morgan fingerprint density at radius 1 is 0.921 bits per heavy atom. The van der Waals surface area contributed by atoms with Crippen molar-refractivity contribution in [1.29, 1.82) is 0 Å². The van der Waals surface area contributed by atoms with Crippen LogP contribution >= 0.6 is 0 Å². The number of aliphatic hydroxyl groups is 2. The van der Waals surface area contributed by atoms with Gasteiger partial charge in [-0.3, -0.25) is 9.69 Å². The molecule has 2 fully saturated rings. The standard InChI is InChI=1S/C30H43N3O5/c1-23-6-5-7-26(16-23)32-12-10-29(35,11-13-32)19-31-14-15-33(28(34)18-37-4)21-30(36,20-31)22-38-27-9-8-24(2)25(3)17-27/h5-9,16-17,35-36H,10-15,18-22H2,1-4H3/t30-/m1/s1. The van der Waals surface area contributed by atoms with Gasteiger partial charge >= 0.3 is 0 Å². The highest BCUT2D eigenvalue weighted by atomic mass is 16.5. The number of piperidine rings is 1. The highest BCUT2D eigenvalue weighted by Gasteiger charge is 2.41. The van der Waals surface area contributed by atoms with E-state index in [9.17, 15) is 15.0 Å². The Kier molecular flexibility index (Phi) is 8.98. The predicted molar refractivity (Wildman–Crippen MR) is 149 cm³/mol. The molecule has 8 nitrogen and oxygen atoms in total. The zero-order valence-corrected chi connectivity index (χ0v) is 23.3. The topological polar surface area (TPSA) is 85.7 Å². The van der Waals surface area contributed by atoms with Crippen LogP contribution in [0, 0.1) is 20.8 Å². The van der Waals surface area contributed by atoms with Crippen molar-refractivity contribution in [3.63, 3.8) is 0 Å². The molecule has 1 atom stereocenters. The quantitative estimate of drug-likeness (QED) is 0.548. The molecule has 208 valence electrons. The van der Waals surface area contributed by atoms with Crippen LogP contribution in [0.25, 0.3) is 0 Å². The van der Waals surface area contributed by atoms with Crippen LogP contribution in [-0.4, -0.2) is 103 Å². The molecule has 4 rings (SSSR count). The van der Waals surface area contributed by atoms with E-state index in [0.29, 0.717) is 44.8 Å². The number of benzene rings is 2. The van der Waals surface area contributed by atoms with Crippen LogP contribution in [0.5, 0.6) is 5.75 Å². The normalized spacial score (nSPS) is 22.3. The number of carbonyl (C=O) groups excluding carboxylic acids is 1. The number of β-amino-alcohol motifs (C(OH)–C–C–N with tert-alkyl or cyclic N) is 2. The molecule has 0 aliphatic carbocycles. The Balaban J connectivity index is 1.43. The summed E-state index contributed by atoms with van der Waals surface area (Å²) in [4.78, 5) is 18.8. The van der Waals surface area contributed by atoms with Crippen LogP contribution in [0.3, 0.4) is 0 Å². The second kappa shape index (κ2) is 12.0. The van der Waals surface area contributed by atoms with Gasteiger partial charge in [0.05, 0.1) is 12.1 Å². The van der Waals surface area contributed by atoms with Crippen LogP contribution < -0.4 is 9.64 Å². The van der Waals surface area contributed by atoms with E-state index in [1.54, 1.807) is 4.90 Å². The molecule has 2 aromatic carbocycles. The minimum atomic E-state index is -1.29. The molecule has 0 saturated carbocycles. The van der Waals surface area contributed by atoms with Gasteiger partial charge < -0.3 is 29.5 Å². The van der Waals surface area contributed by atoms with E-state index in [-0.39, 0.29) is 25.7 Å². The average Bonchev–Trinajstić information content (AvgIpc) is 3.04. The Morgan fingerprint density at radius 3 is 2.37 bits per heavy atom. The molecular formula is C30H43N3O5. The Hall–Kier alpha value is -2.65. The maximum absolute atomic E-state index is 12.7. The Labute approximate surface area is 226 Å². The molecule has 0 spiro atoms. The minimum Gasteiger partial charge on any atom is -0.490 e. The SMILES string of the molecule is COCC(=O)N1CCN(CC2(O)CCN(c3cccc(C)c3)CC2)C[C@](O)(COc2ccc(C)c(C)c2)C1. The average molecular weight is 526 g/mol. The maximum Gasteiger partial charge on any atom is 0.248 e. The van der Waals surface area contributed by atoms with Gasteiger partial charge in [0, 0.05) is 52.1 Å². The first kappa shape index (κ1) is 28.4. The van der Waals surface area contributed by atoms with E-state index < -0.39 is 11.2 Å². The number of anilines is 1. The van der Waals surface area contributed by atoms with E-state index in [4.69, 9.17) is 9.47 Å². The number of nitrogens with zero attached hydrogens (tertiary/aromatic N) is 3. The lowest BCUT2D eigenvalue weighted by atomic mass is 9.90. The molecule has 8 heteroatoms. The highest BCUT2D eigenvalue weighted by Crippen LogP contribution is 2.29. The summed E-state index contributed by atoms with van der Waals surface area (Å²) in [5, 5.41) is 23.3. The molecular weight excluding hydrogens is 482 g/mol. The molecule has 1 amide bonds. The van der Waals surface area contributed by atoms with E-state index >= 15 is 0 Å². The third-order valence-corrected chi connectivity index (χ3v) is 7.87. The van der Waals surface area contributed by atoms with Crippen LogP contribution in [0.4, 0.5) is 5.69 Å². The Bertz CT molecular complexity index is 1100. The van der Waals surface area contributed by atoms with Gasteiger partial charge in [0.15, 0.2) is 0 Å². The Morgan fingerprint density at radius 2 is 1.68 bits per heavy atom. The van der Waals surface area contributed by atoms with Gasteiger partial charge in [0.25, 0.3) is 0 Å². The van der Waals surface area contributed by atoms with Crippen molar-refractivity contribution >= 4 is 11.6 Å². The van der Waals surface area contributed by atoms with Crippen LogP contribution in [0.15, 0.2) is 42.5 Å². The number of ether oxygens (including phenoxy) is 2. The van der Waals surface area contributed by atoms with Crippen LogP contribution in [-0.2, 0) is 9.53 Å². The number of hydrogen-bond acceptors (Lipinski definition) is 7. The van der Waals surface area contributed by atoms with Gasteiger partial charge in [-0.2, -0.15) is 0 Å². The summed E-state index contributed by atoms with van der Waals surface area (Å²) in [7, 11) is 1.50. The zero-order valence-electron chi connectivity index (χ0n) is 23.3. The number of aryl methyl sites for hydroxylation is 3. The zero-order chi connectivity index (χ0) is 27.3. The molecule has 0 unspecified atom stereocenters. The molecule has 0 bridgehead atoms. The number of rotatable bonds is 8. The van der Waals surface area contributed by atoms with E-state index in [1.807, 2.05) is 32.0 Å². The lowest BCUT2D eigenvalue weighted by molar-refractivity contribution is -0.138. The molecule has 38 heavy (non-hydrogen) atoms. The van der Waals surface area contributed by atoms with Gasteiger partial charge in [-0.05, 0) is 74.6 Å². The van der Waals surface area contributed by atoms with Gasteiger partial charge in [0.2, 0.25) is 5.91 Å². The number of methoxy groups -OCH3 is 1. The molecule has 2 aromatic rings. The third-order valence-electron chi connectivity index (χ3n) is 7.87. The molecule has 2 saturated heterocycles. The fourth-order valence-corrected chi connectivity index (χ4v) is 5.50. The van der Waals surface area contributed by atoms with Crippen molar-refractivity contribution in [2.24, 2.45) is 0 Å². The lowest BCUT2D eigenvalue weighted by Crippen LogP contribution is -2.56. The van der Waals surface area contributed by atoms with Gasteiger partial charge in [-0.15, -0.1) is 0 Å². The van der Waals surface area contributed by atoms with Crippen molar-refractivity contribution in [3.8, 4) is 5.75 Å². The summed E-state index contributed by atoms with van der Waals surface area (Å²) in [6, 6.07) is 14.3. The fourth-order valence-electron chi connectivity index (χ4n) is 5.50. The number of carbonyl (C=O) groups is 1. The molecule has 2 aliphatic heterocycles. The summed E-state index contributed by atoms with van der Waals surface area (Å²) in [6.45, 7) is 9.63. The molecule has 2 N–H and O–H groups in total. The van der Waals surface area contributed by atoms with E-state index in [0.717, 1.165) is 18.7 Å². The molecule has 2 aliphatic rings. The molecule has 0 radical (unpaired) electrons. The van der Waals surface area contributed by atoms with Crippen molar-refractivity contribution in [1.82, 2.24) is 9.80 Å². The van der Waals surface area contributed by atoms with Gasteiger partial charge in [-0.25, -0.2) is 0 Å². The van der Waals surface area contributed by atoms with Crippen molar-refractivity contribution in [3.05, 3.63) is 59.2 Å². The van der Waals surface area contributed by atoms with E-state index in [2.05, 4.69) is 41.0 Å². The minimum absolute atomic E-state index is 0.0349. The number of amides is 1. The summed E-state index contributed by atoms with van der Waals surface area (Å²) < 4.78 is 11.1. The monoisotopic (exact) mass is 525 g/mol. The van der Waals surface area contributed by atoms with Crippen molar-refractivity contribution < 1.29 is 24.5 Å². The summed E-state index contributed by atoms with van der Waals surface area (Å²) in [5.41, 5.74) is 2.55. The highest BCUT2D eigenvalue weighted by molar-refractivity contribution is 5.77. The van der Waals surface area contributed by atoms with Crippen molar-refractivity contribution in [2.45, 2.75) is 44.8 Å². The summed E-state index contributed by atoms with van der Waals surface area (Å²) in [5.74, 6) is 0.526. The smallest absolute Gasteiger partial charge is 0.248 e. The third kappa shape index (κ3) is 7.26. The largest absolute Gasteiger partial charge is 0.490 e. The first-order valence-electron chi connectivity index (χ1n) is 13.5. The second-order valence-corrected chi connectivity index (χ2v) is 11.3. The molecule has 2 heterocycles. The predicted octanol–water partition coefficient (Wildman–Crippen LogP) is 2.54. The fraction of sp³-hybridized carbons (Fsp3) is 0.567. The van der Waals surface area contributed by atoms with Crippen LogP contribution in [0.1, 0.15) is 29.5 Å². The van der Waals surface area contributed by atoms with Crippen molar-refractivity contribution in [2.75, 3.05) is 71.0 Å². The van der Waals surface area contributed by atoms with Crippen LogP contribution in [0.2, 0.25) is 0 Å². The van der Waals surface area contributed by atoms with Gasteiger partial charge in [-0.1, -0.05) is 18.2 Å². The molecule has 0 aromatic heterocycles. The summed E-state index contributed by atoms with van der Waals surface area (Å²) in [6.07, 6.45) is 1.28. The maximum atomic E-state index is 12.7. The lowest BCUT2D eigenvalue weighted by Gasteiger charge is -2.42. The van der Waals surface area contributed by atoms with Gasteiger partial charge in [0.1, 0.15) is 24.6 Å². The summed E-state index contributed by atoms with van der Waals surface area (Å²) >= 11 is 0.